The average molecular weight is 485 g/mol. The molecule has 8 heteroatoms. The number of halogens is 3. The van der Waals surface area contributed by atoms with Crippen molar-refractivity contribution in [3.05, 3.63) is 49.4 Å². The van der Waals surface area contributed by atoms with Gasteiger partial charge in [0.25, 0.3) is 10.0 Å². The van der Waals surface area contributed by atoms with E-state index in [-0.39, 0.29) is 10.7 Å². The number of anilines is 1. The summed E-state index contributed by atoms with van der Waals surface area (Å²) in [5.41, 5.74) is 0.941. The van der Waals surface area contributed by atoms with Crippen LogP contribution in [0.15, 0.2) is 48.8 Å². The van der Waals surface area contributed by atoms with Crippen LogP contribution in [0.5, 0.6) is 0 Å². The van der Waals surface area contributed by atoms with E-state index in [1.165, 1.54) is 6.20 Å². The third-order valence-corrected chi connectivity index (χ3v) is 6.12. The van der Waals surface area contributed by atoms with Gasteiger partial charge < -0.3 is 0 Å². The van der Waals surface area contributed by atoms with Crippen LogP contribution in [0.4, 0.5) is 5.82 Å². The summed E-state index contributed by atoms with van der Waals surface area (Å²) in [5.74, 6) is 0.253. The second kappa shape index (κ2) is 6.13. The van der Waals surface area contributed by atoms with Gasteiger partial charge in [-0.15, -0.1) is 0 Å². The van der Waals surface area contributed by atoms with Crippen molar-refractivity contribution in [1.29, 1.82) is 0 Å². The van der Waals surface area contributed by atoms with Crippen LogP contribution in [-0.4, -0.2) is 13.4 Å². The van der Waals surface area contributed by atoms with Crippen LogP contribution in [0, 0.1) is 6.92 Å². The smallest absolute Gasteiger partial charge is 0.263 e. The standard InChI is InChI=1S/C12H9Br3N2O2S/c1-7-4-10(15)11(6-9(7)14)20(18,19)17-12-5-8(13)2-3-16-12/h2-6H,1H3,(H,16,17). The molecule has 0 aliphatic rings. The van der Waals surface area contributed by atoms with Gasteiger partial charge in [0.05, 0.1) is 0 Å². The Hall–Kier alpha value is -0.440. The highest BCUT2D eigenvalue weighted by atomic mass is 79.9. The Morgan fingerprint density at radius 1 is 1.10 bits per heavy atom. The Morgan fingerprint density at radius 3 is 2.45 bits per heavy atom. The molecule has 0 amide bonds. The fraction of sp³-hybridized carbons (Fsp3) is 0.0833. The first-order chi connectivity index (χ1) is 9.29. The number of nitrogens with zero attached hydrogens (tertiary/aromatic N) is 1. The maximum absolute atomic E-state index is 12.4. The van der Waals surface area contributed by atoms with E-state index in [0.717, 1.165) is 14.5 Å². The maximum atomic E-state index is 12.4. The Bertz CT molecular complexity index is 763. The van der Waals surface area contributed by atoms with E-state index in [9.17, 15) is 8.42 Å². The summed E-state index contributed by atoms with van der Waals surface area (Å²) in [6, 6.07) is 6.61. The molecule has 0 saturated heterocycles. The van der Waals surface area contributed by atoms with Crippen LogP contribution in [0.1, 0.15) is 5.56 Å². The largest absolute Gasteiger partial charge is 0.264 e. The average Bonchev–Trinajstić information content (AvgIpc) is 2.33. The van der Waals surface area contributed by atoms with Gasteiger partial charge in [-0.3, -0.25) is 4.72 Å². The highest BCUT2D eigenvalue weighted by Gasteiger charge is 2.19. The molecular formula is C12H9Br3N2O2S. The highest BCUT2D eigenvalue weighted by Crippen LogP contribution is 2.30. The number of rotatable bonds is 3. The van der Waals surface area contributed by atoms with Crippen molar-refractivity contribution >= 4 is 63.6 Å². The number of aromatic nitrogens is 1. The molecule has 2 rings (SSSR count). The molecule has 0 fully saturated rings. The minimum Gasteiger partial charge on any atom is -0.263 e. The fourth-order valence-corrected chi connectivity index (χ4v) is 4.50. The zero-order valence-electron chi connectivity index (χ0n) is 10.2. The lowest BCUT2D eigenvalue weighted by Gasteiger charge is -2.10. The Kier molecular flexibility index (Phi) is 4.88. The molecule has 2 aromatic rings. The summed E-state index contributed by atoms with van der Waals surface area (Å²) in [7, 11) is -3.71. The summed E-state index contributed by atoms with van der Waals surface area (Å²) in [6.45, 7) is 1.88. The van der Waals surface area contributed by atoms with E-state index in [1.54, 1.807) is 24.3 Å². The molecule has 0 radical (unpaired) electrons. The van der Waals surface area contributed by atoms with Gasteiger partial charge in [-0.2, -0.15) is 0 Å². The van der Waals surface area contributed by atoms with Crippen LogP contribution in [0.25, 0.3) is 0 Å². The maximum Gasteiger partial charge on any atom is 0.264 e. The first-order valence-electron chi connectivity index (χ1n) is 5.39. The van der Waals surface area contributed by atoms with Gasteiger partial charge in [-0.1, -0.05) is 31.9 Å². The van der Waals surface area contributed by atoms with Crippen molar-refractivity contribution in [1.82, 2.24) is 4.98 Å². The van der Waals surface area contributed by atoms with E-state index in [2.05, 4.69) is 57.5 Å². The van der Waals surface area contributed by atoms with Crippen LogP contribution < -0.4 is 4.72 Å². The number of benzene rings is 1. The molecule has 0 spiro atoms. The number of aryl methyl sites for hydroxylation is 1. The van der Waals surface area contributed by atoms with E-state index in [1.807, 2.05) is 6.92 Å². The quantitative estimate of drug-likeness (QED) is 0.699. The normalized spacial score (nSPS) is 11.4. The summed E-state index contributed by atoms with van der Waals surface area (Å²) >= 11 is 9.88. The Labute approximate surface area is 142 Å². The zero-order valence-corrected chi connectivity index (χ0v) is 15.8. The fourth-order valence-electron chi connectivity index (χ4n) is 1.49. The molecular weight excluding hydrogens is 476 g/mol. The molecule has 106 valence electrons. The molecule has 1 heterocycles. The molecule has 1 N–H and O–H groups in total. The third kappa shape index (κ3) is 3.60. The van der Waals surface area contributed by atoms with Crippen molar-refractivity contribution in [3.8, 4) is 0 Å². The lowest BCUT2D eigenvalue weighted by Crippen LogP contribution is -2.14. The van der Waals surface area contributed by atoms with Gasteiger partial charge in [-0.05, 0) is 52.7 Å². The summed E-state index contributed by atoms with van der Waals surface area (Å²) in [4.78, 5) is 4.12. The lowest BCUT2D eigenvalue weighted by molar-refractivity contribution is 0.600. The van der Waals surface area contributed by atoms with Crippen molar-refractivity contribution < 1.29 is 8.42 Å². The molecule has 0 atom stereocenters. The molecule has 0 unspecified atom stereocenters. The molecule has 0 aliphatic carbocycles. The van der Waals surface area contributed by atoms with Gasteiger partial charge in [-0.25, -0.2) is 13.4 Å². The SMILES string of the molecule is Cc1cc(Br)c(S(=O)(=O)Nc2cc(Br)ccn2)cc1Br. The van der Waals surface area contributed by atoms with E-state index >= 15 is 0 Å². The van der Waals surface area contributed by atoms with Gasteiger partial charge in [0.1, 0.15) is 10.7 Å². The molecule has 4 nitrogen and oxygen atoms in total. The van der Waals surface area contributed by atoms with Gasteiger partial charge in [0.2, 0.25) is 0 Å². The number of nitrogens with one attached hydrogen (secondary N) is 1. The second-order valence-corrected chi connectivity index (χ2v) is 8.27. The topological polar surface area (TPSA) is 59.1 Å². The van der Waals surface area contributed by atoms with Crippen molar-refractivity contribution in [2.45, 2.75) is 11.8 Å². The highest BCUT2D eigenvalue weighted by molar-refractivity contribution is 9.11. The zero-order chi connectivity index (χ0) is 14.9. The molecule has 1 aromatic carbocycles. The van der Waals surface area contributed by atoms with Crippen molar-refractivity contribution in [2.24, 2.45) is 0 Å². The van der Waals surface area contributed by atoms with E-state index < -0.39 is 10.0 Å². The summed E-state index contributed by atoms with van der Waals surface area (Å²) in [6.07, 6.45) is 1.52. The van der Waals surface area contributed by atoms with E-state index in [4.69, 9.17) is 0 Å². The predicted molar refractivity (Wildman–Crippen MR) is 89.3 cm³/mol. The Morgan fingerprint density at radius 2 is 1.80 bits per heavy atom. The predicted octanol–water partition coefficient (Wildman–Crippen LogP) is 4.48. The van der Waals surface area contributed by atoms with Gasteiger partial charge in [0.15, 0.2) is 0 Å². The summed E-state index contributed by atoms with van der Waals surface area (Å²) in [5, 5.41) is 0. The van der Waals surface area contributed by atoms with Crippen molar-refractivity contribution in [3.63, 3.8) is 0 Å². The van der Waals surface area contributed by atoms with Crippen LogP contribution >= 0.6 is 47.8 Å². The minimum absolute atomic E-state index is 0.150. The number of sulfonamides is 1. The first kappa shape index (κ1) is 15.9. The second-order valence-electron chi connectivity index (χ2n) is 4.00. The molecule has 20 heavy (non-hydrogen) atoms. The number of hydrogen-bond donors (Lipinski definition) is 1. The van der Waals surface area contributed by atoms with Crippen molar-refractivity contribution in [2.75, 3.05) is 4.72 Å². The minimum atomic E-state index is -3.71. The monoisotopic (exact) mass is 482 g/mol. The lowest BCUT2D eigenvalue weighted by atomic mass is 10.2. The number of pyridine rings is 1. The Balaban J connectivity index is 2.43. The molecule has 0 bridgehead atoms. The first-order valence-corrected chi connectivity index (χ1v) is 9.26. The molecule has 0 aliphatic heterocycles. The molecule has 1 aromatic heterocycles. The summed E-state index contributed by atoms with van der Waals surface area (Å²) < 4.78 is 29.2. The van der Waals surface area contributed by atoms with Crippen LogP contribution in [0.3, 0.4) is 0 Å². The van der Waals surface area contributed by atoms with Gasteiger partial charge >= 0.3 is 0 Å². The number of hydrogen-bond acceptors (Lipinski definition) is 3. The van der Waals surface area contributed by atoms with Crippen LogP contribution in [-0.2, 0) is 10.0 Å². The van der Waals surface area contributed by atoms with Crippen LogP contribution in [0.2, 0.25) is 0 Å². The van der Waals surface area contributed by atoms with E-state index in [0.29, 0.717) is 4.47 Å². The van der Waals surface area contributed by atoms with Gasteiger partial charge in [0, 0.05) is 19.6 Å². The third-order valence-electron chi connectivity index (χ3n) is 2.46. The molecule has 0 saturated carbocycles.